The van der Waals surface area contributed by atoms with Crippen LogP contribution in [-0.4, -0.2) is 30.9 Å². The van der Waals surface area contributed by atoms with E-state index in [0.717, 1.165) is 0 Å². The SMILES string of the molecule is FC(F)(F)C=NOC(c1ccccc1)C1OCC(Cl)O1. The van der Waals surface area contributed by atoms with Crippen molar-refractivity contribution < 1.29 is 27.5 Å². The number of hydrogen-bond donors (Lipinski definition) is 0. The zero-order valence-electron chi connectivity index (χ0n) is 10.1. The Kier molecular flexibility index (Phi) is 4.85. The van der Waals surface area contributed by atoms with E-state index in [1.54, 1.807) is 30.3 Å². The van der Waals surface area contributed by atoms with E-state index in [0.29, 0.717) is 5.56 Å². The van der Waals surface area contributed by atoms with E-state index < -0.39 is 24.1 Å². The van der Waals surface area contributed by atoms with E-state index in [2.05, 4.69) is 5.16 Å². The largest absolute Gasteiger partial charge is 0.429 e. The van der Waals surface area contributed by atoms with Gasteiger partial charge in [-0.3, -0.25) is 0 Å². The molecule has 4 nitrogen and oxygen atoms in total. The summed E-state index contributed by atoms with van der Waals surface area (Å²) in [6.07, 6.45) is -6.63. The van der Waals surface area contributed by atoms with Crippen LogP contribution in [0.3, 0.4) is 0 Å². The van der Waals surface area contributed by atoms with Crippen molar-refractivity contribution in [2.45, 2.75) is 24.1 Å². The van der Waals surface area contributed by atoms with Crippen molar-refractivity contribution >= 4 is 17.8 Å². The fourth-order valence-corrected chi connectivity index (χ4v) is 1.79. The fraction of sp³-hybridized carbons (Fsp3) is 0.417. The fourth-order valence-electron chi connectivity index (χ4n) is 1.62. The van der Waals surface area contributed by atoms with Crippen LogP contribution in [0.1, 0.15) is 11.7 Å². The molecule has 1 aromatic carbocycles. The van der Waals surface area contributed by atoms with Crippen LogP contribution in [0.5, 0.6) is 0 Å². The lowest BCUT2D eigenvalue weighted by atomic mass is 10.1. The Hall–Kier alpha value is -1.31. The van der Waals surface area contributed by atoms with Gasteiger partial charge in [-0.1, -0.05) is 47.1 Å². The topological polar surface area (TPSA) is 40.0 Å². The molecule has 1 aliphatic rings. The molecule has 0 amide bonds. The highest BCUT2D eigenvalue weighted by Gasteiger charge is 2.35. The molecule has 1 heterocycles. The lowest BCUT2D eigenvalue weighted by Gasteiger charge is -2.20. The molecule has 0 radical (unpaired) electrons. The van der Waals surface area contributed by atoms with Crippen molar-refractivity contribution in [2.24, 2.45) is 5.16 Å². The molecule has 0 aliphatic carbocycles. The molecule has 3 unspecified atom stereocenters. The summed E-state index contributed by atoms with van der Waals surface area (Å²) in [5.74, 6) is 0. The Labute approximate surface area is 118 Å². The minimum atomic E-state index is -4.55. The quantitative estimate of drug-likeness (QED) is 0.487. The number of nitrogens with zero attached hydrogens (tertiary/aromatic N) is 1. The van der Waals surface area contributed by atoms with Crippen LogP contribution in [0.15, 0.2) is 35.5 Å². The van der Waals surface area contributed by atoms with Gasteiger partial charge in [0.25, 0.3) is 0 Å². The van der Waals surface area contributed by atoms with Crippen molar-refractivity contribution in [1.82, 2.24) is 0 Å². The zero-order chi connectivity index (χ0) is 14.6. The van der Waals surface area contributed by atoms with Crippen molar-refractivity contribution in [3.63, 3.8) is 0 Å². The molecular weight excluding hydrogens is 299 g/mol. The van der Waals surface area contributed by atoms with E-state index in [4.69, 9.17) is 25.9 Å². The first-order valence-corrected chi connectivity index (χ1v) is 6.12. The van der Waals surface area contributed by atoms with Crippen LogP contribution in [0, 0.1) is 0 Å². The number of benzene rings is 1. The van der Waals surface area contributed by atoms with Gasteiger partial charge in [0.1, 0.15) is 6.21 Å². The highest BCUT2D eigenvalue weighted by Crippen LogP contribution is 2.30. The molecule has 1 aliphatic heterocycles. The van der Waals surface area contributed by atoms with Crippen molar-refractivity contribution in [3.05, 3.63) is 35.9 Å². The van der Waals surface area contributed by atoms with E-state index in [1.807, 2.05) is 0 Å². The van der Waals surface area contributed by atoms with Crippen LogP contribution >= 0.6 is 11.6 Å². The molecule has 1 fully saturated rings. The Morgan fingerprint density at radius 1 is 1.35 bits per heavy atom. The molecule has 0 N–H and O–H groups in total. The van der Waals surface area contributed by atoms with Crippen LogP contribution in [-0.2, 0) is 14.3 Å². The van der Waals surface area contributed by atoms with E-state index >= 15 is 0 Å². The Bertz CT molecular complexity index is 455. The van der Waals surface area contributed by atoms with Crippen molar-refractivity contribution in [2.75, 3.05) is 6.61 Å². The van der Waals surface area contributed by atoms with E-state index in [-0.39, 0.29) is 12.8 Å². The van der Waals surface area contributed by atoms with Crippen molar-refractivity contribution in [3.8, 4) is 0 Å². The molecule has 3 atom stereocenters. The molecule has 0 aromatic heterocycles. The zero-order valence-corrected chi connectivity index (χ0v) is 10.8. The third-order valence-corrected chi connectivity index (χ3v) is 2.65. The summed E-state index contributed by atoms with van der Waals surface area (Å²) in [5, 5.41) is 2.94. The van der Waals surface area contributed by atoms with Gasteiger partial charge in [-0.15, -0.1) is 0 Å². The number of alkyl halides is 4. The predicted octanol–water partition coefficient (Wildman–Crippen LogP) is 3.23. The van der Waals surface area contributed by atoms with Crippen LogP contribution in [0.25, 0.3) is 0 Å². The summed E-state index contributed by atoms with van der Waals surface area (Å²) in [6.45, 7) is 0.127. The van der Waals surface area contributed by atoms with Gasteiger partial charge in [-0.05, 0) is 0 Å². The second-order valence-electron chi connectivity index (χ2n) is 3.96. The van der Waals surface area contributed by atoms with Crippen molar-refractivity contribution in [1.29, 1.82) is 0 Å². The number of hydrogen-bond acceptors (Lipinski definition) is 4. The average Bonchev–Trinajstić information content (AvgIpc) is 2.81. The van der Waals surface area contributed by atoms with Crippen LogP contribution < -0.4 is 0 Å². The number of oxime groups is 1. The van der Waals surface area contributed by atoms with Crippen LogP contribution in [0.4, 0.5) is 13.2 Å². The van der Waals surface area contributed by atoms with Gasteiger partial charge in [0.05, 0.1) is 6.61 Å². The number of rotatable bonds is 4. The number of halogens is 4. The second kappa shape index (κ2) is 6.43. The third kappa shape index (κ3) is 4.36. The molecule has 0 bridgehead atoms. The maximum Gasteiger partial charge on any atom is 0.429 e. The minimum Gasteiger partial charge on any atom is -0.382 e. The van der Waals surface area contributed by atoms with Gasteiger partial charge < -0.3 is 14.3 Å². The first-order chi connectivity index (χ1) is 9.46. The van der Waals surface area contributed by atoms with Gasteiger partial charge in [-0.2, -0.15) is 13.2 Å². The lowest BCUT2D eigenvalue weighted by molar-refractivity contribution is -0.150. The Balaban J connectivity index is 2.11. The molecule has 20 heavy (non-hydrogen) atoms. The summed E-state index contributed by atoms with van der Waals surface area (Å²) < 4.78 is 46.6. The molecule has 1 aromatic rings. The maximum atomic E-state index is 12.0. The Morgan fingerprint density at radius 3 is 2.60 bits per heavy atom. The van der Waals surface area contributed by atoms with Gasteiger partial charge in [0, 0.05) is 5.56 Å². The van der Waals surface area contributed by atoms with Crippen LogP contribution in [0.2, 0.25) is 0 Å². The minimum absolute atomic E-state index is 0.127. The smallest absolute Gasteiger partial charge is 0.382 e. The first kappa shape index (κ1) is 15.1. The van der Waals surface area contributed by atoms with E-state index in [1.165, 1.54) is 0 Å². The molecule has 2 rings (SSSR count). The molecular formula is C12H11ClF3NO3. The molecule has 8 heteroatoms. The van der Waals surface area contributed by atoms with E-state index in [9.17, 15) is 13.2 Å². The first-order valence-electron chi connectivity index (χ1n) is 5.69. The Morgan fingerprint density at radius 2 is 2.05 bits per heavy atom. The summed E-state index contributed by atoms with van der Waals surface area (Å²) in [5.41, 5.74) is -0.0935. The monoisotopic (exact) mass is 309 g/mol. The lowest BCUT2D eigenvalue weighted by Crippen LogP contribution is -2.22. The van der Waals surface area contributed by atoms with Gasteiger partial charge in [0.15, 0.2) is 5.56 Å². The average molecular weight is 310 g/mol. The highest BCUT2D eigenvalue weighted by atomic mass is 35.5. The second-order valence-corrected chi connectivity index (χ2v) is 4.45. The summed E-state index contributed by atoms with van der Waals surface area (Å²) in [4.78, 5) is 4.88. The number of ether oxygens (including phenoxy) is 2. The molecule has 0 spiro atoms. The molecule has 1 saturated heterocycles. The highest BCUT2D eigenvalue weighted by molar-refractivity contribution is 6.19. The summed E-state index contributed by atoms with van der Waals surface area (Å²) >= 11 is 5.72. The summed E-state index contributed by atoms with van der Waals surface area (Å²) in [6, 6.07) is 8.53. The van der Waals surface area contributed by atoms with Gasteiger partial charge in [-0.25, -0.2) is 0 Å². The maximum absolute atomic E-state index is 12.0. The summed E-state index contributed by atoms with van der Waals surface area (Å²) in [7, 11) is 0. The standard InChI is InChI=1S/C12H11ClF3NO3/c13-9-6-18-11(19-9)10(8-4-2-1-3-5-8)20-17-7-12(14,15)16/h1-5,7,9-11H,6H2. The third-order valence-electron chi connectivity index (χ3n) is 2.42. The van der Waals surface area contributed by atoms with Gasteiger partial charge >= 0.3 is 6.18 Å². The molecule has 0 saturated carbocycles. The molecule has 110 valence electrons. The van der Waals surface area contributed by atoms with Gasteiger partial charge in [0.2, 0.25) is 12.4 Å². The predicted molar refractivity (Wildman–Crippen MR) is 65.3 cm³/mol. The normalized spacial score (nSPS) is 25.0.